The molecule has 0 amide bonds. The molecule has 0 aromatic heterocycles. The van der Waals surface area contributed by atoms with Crippen molar-refractivity contribution in [1.82, 2.24) is 3.99 Å². The predicted molar refractivity (Wildman–Crippen MR) is 80.9 cm³/mol. The van der Waals surface area contributed by atoms with E-state index in [1.165, 1.54) is 0 Å². The Morgan fingerprint density at radius 1 is 0.941 bits per heavy atom. The first kappa shape index (κ1) is 17.0. The van der Waals surface area contributed by atoms with Gasteiger partial charge in [0.15, 0.2) is 0 Å². The van der Waals surface area contributed by atoms with Gasteiger partial charge in [0.1, 0.15) is 0 Å². The Bertz CT molecular complexity index is 251. The molecular formula is C14H31AlN2. The molecule has 0 aliphatic heterocycles. The van der Waals surface area contributed by atoms with Crippen molar-refractivity contribution < 1.29 is 0 Å². The van der Waals surface area contributed by atoms with Gasteiger partial charge in [0.2, 0.25) is 0 Å². The van der Waals surface area contributed by atoms with Gasteiger partial charge in [-0.25, -0.2) is 5.10 Å². The maximum atomic E-state index is 4.82. The number of hydrogen-bond acceptors (Lipinski definition) is 2. The van der Waals surface area contributed by atoms with E-state index < -0.39 is 14.4 Å². The lowest BCUT2D eigenvalue weighted by atomic mass is 10.2. The van der Waals surface area contributed by atoms with Gasteiger partial charge in [-0.1, -0.05) is 50.1 Å². The molecule has 0 N–H and O–H groups in total. The second-order valence-electron chi connectivity index (χ2n) is 7.66. The third kappa shape index (κ3) is 5.45. The monoisotopic (exact) mass is 254 g/mol. The van der Waals surface area contributed by atoms with Gasteiger partial charge in [-0.15, -0.1) is 0 Å². The van der Waals surface area contributed by atoms with Crippen molar-refractivity contribution in [3.8, 4) is 0 Å². The Kier molecular flexibility index (Phi) is 5.76. The Morgan fingerprint density at radius 2 is 1.29 bits per heavy atom. The highest BCUT2D eigenvalue weighted by molar-refractivity contribution is 6.62. The summed E-state index contributed by atoms with van der Waals surface area (Å²) >= 11 is -1.19. The minimum absolute atomic E-state index is 0.349. The molecule has 0 aromatic rings. The van der Waals surface area contributed by atoms with Crippen LogP contribution in [-0.4, -0.2) is 30.1 Å². The zero-order valence-electron chi connectivity index (χ0n) is 13.5. The molecule has 2 nitrogen and oxygen atoms in total. The molecule has 0 spiro atoms. The molecule has 0 aromatic carbocycles. The highest BCUT2D eigenvalue weighted by atomic mass is 27.2. The minimum atomic E-state index is -1.19. The lowest BCUT2D eigenvalue weighted by molar-refractivity contribution is 0.344. The Hall–Kier alpha value is 0.00247. The molecular weight excluding hydrogens is 223 g/mol. The Morgan fingerprint density at radius 3 is 1.47 bits per heavy atom. The van der Waals surface area contributed by atoms with Crippen molar-refractivity contribution in [1.29, 1.82) is 0 Å². The van der Waals surface area contributed by atoms with Crippen LogP contribution in [0.25, 0.3) is 0 Å². The molecule has 3 heteroatoms. The Labute approximate surface area is 113 Å². The van der Waals surface area contributed by atoms with E-state index in [0.717, 1.165) is 5.71 Å². The fourth-order valence-corrected chi connectivity index (χ4v) is 7.92. The topological polar surface area (TPSA) is 15.6 Å². The molecule has 0 aliphatic rings. The van der Waals surface area contributed by atoms with Gasteiger partial charge in [-0.3, -0.25) is 0 Å². The van der Waals surface area contributed by atoms with E-state index in [1.54, 1.807) is 0 Å². The van der Waals surface area contributed by atoms with Gasteiger partial charge in [0.25, 0.3) is 0 Å². The van der Waals surface area contributed by atoms with Crippen LogP contribution in [0.2, 0.25) is 8.55 Å². The number of nitrogens with zero attached hydrogens (tertiary/aromatic N) is 2. The SMILES string of the molecule is CC(C)=N[N](C(C)C)[Al]([C](C)(C)C)[C](C)(C)C. The minimum Gasteiger partial charge on any atom is -0.383 e. The fraction of sp³-hybridized carbons (Fsp3) is 0.929. The van der Waals surface area contributed by atoms with Crippen LogP contribution in [-0.2, 0) is 0 Å². The van der Waals surface area contributed by atoms with Gasteiger partial charge in [0.05, 0.1) is 0 Å². The molecule has 0 rings (SSSR count). The van der Waals surface area contributed by atoms with E-state index in [9.17, 15) is 0 Å². The van der Waals surface area contributed by atoms with Crippen molar-refractivity contribution in [2.45, 2.75) is 83.8 Å². The van der Waals surface area contributed by atoms with E-state index in [0.29, 0.717) is 14.6 Å². The summed E-state index contributed by atoms with van der Waals surface area (Å²) in [5.41, 5.74) is 1.16. The van der Waals surface area contributed by atoms with Gasteiger partial charge in [0, 0.05) is 11.8 Å². The second-order valence-corrected chi connectivity index (χ2v) is 12.5. The molecule has 17 heavy (non-hydrogen) atoms. The van der Waals surface area contributed by atoms with Crippen LogP contribution in [0.1, 0.15) is 69.2 Å². The van der Waals surface area contributed by atoms with Crippen molar-refractivity contribution >= 4 is 20.1 Å². The average Bonchev–Trinajstić information content (AvgIpc) is 1.95. The summed E-state index contributed by atoms with van der Waals surface area (Å²) in [7, 11) is 0. The van der Waals surface area contributed by atoms with E-state index in [4.69, 9.17) is 5.10 Å². The van der Waals surface area contributed by atoms with Crippen LogP contribution in [0.15, 0.2) is 5.10 Å². The largest absolute Gasteiger partial charge is 0.448 e. The first-order chi connectivity index (χ1) is 7.37. The van der Waals surface area contributed by atoms with Crippen molar-refractivity contribution in [3.63, 3.8) is 0 Å². The van der Waals surface area contributed by atoms with E-state index in [1.807, 2.05) is 0 Å². The molecule has 0 heterocycles. The summed E-state index contributed by atoms with van der Waals surface area (Å²) in [6.45, 7) is 22.9. The third-order valence-electron chi connectivity index (χ3n) is 2.75. The van der Waals surface area contributed by atoms with Gasteiger partial charge < -0.3 is 3.99 Å². The van der Waals surface area contributed by atoms with Crippen molar-refractivity contribution in [2.75, 3.05) is 0 Å². The van der Waals surface area contributed by atoms with Crippen LogP contribution in [0.3, 0.4) is 0 Å². The van der Waals surface area contributed by atoms with Gasteiger partial charge >= 0.3 is 14.4 Å². The Balaban J connectivity index is 5.48. The number of hydrogen-bond donors (Lipinski definition) is 0. The quantitative estimate of drug-likeness (QED) is 0.405. The van der Waals surface area contributed by atoms with Crippen LogP contribution >= 0.6 is 0 Å². The standard InChI is InChI=1S/C6H13N2.2C4H9.Al/c1-5(2)7-8-6(3)4;2*1-4(2)3;/h5H,1-4H3;2*1-3H3;/q-1;;;+1. The summed E-state index contributed by atoms with van der Waals surface area (Å²) in [5, 5.41) is 4.82. The van der Waals surface area contributed by atoms with Crippen LogP contribution in [0.4, 0.5) is 0 Å². The first-order valence-corrected chi connectivity index (χ1v) is 8.34. The molecule has 0 bridgehead atoms. The maximum Gasteiger partial charge on any atom is 0.448 e. The summed E-state index contributed by atoms with van der Waals surface area (Å²) in [6, 6.07) is 0.486. The fourth-order valence-electron chi connectivity index (χ4n) is 2.79. The van der Waals surface area contributed by atoms with Crippen molar-refractivity contribution in [3.05, 3.63) is 0 Å². The predicted octanol–water partition coefficient (Wildman–Crippen LogP) is 4.68. The molecule has 0 atom stereocenters. The maximum absolute atomic E-state index is 4.82. The third-order valence-corrected chi connectivity index (χ3v) is 7.27. The molecule has 100 valence electrons. The van der Waals surface area contributed by atoms with Crippen LogP contribution in [0, 0.1) is 0 Å². The number of rotatable bonds is 3. The smallest absolute Gasteiger partial charge is 0.383 e. The summed E-state index contributed by atoms with van der Waals surface area (Å²) in [5.74, 6) is 0. The molecule has 0 saturated carbocycles. The summed E-state index contributed by atoms with van der Waals surface area (Å²) in [4.78, 5) is 0. The highest BCUT2D eigenvalue weighted by Gasteiger charge is 2.48. The molecule has 0 unspecified atom stereocenters. The normalized spacial score (nSPS) is 12.6. The van der Waals surface area contributed by atoms with Crippen LogP contribution in [0.5, 0.6) is 0 Å². The molecule has 0 fully saturated rings. The van der Waals surface area contributed by atoms with Gasteiger partial charge in [-0.2, -0.15) is 0 Å². The van der Waals surface area contributed by atoms with E-state index in [-0.39, 0.29) is 0 Å². The zero-order valence-corrected chi connectivity index (χ0v) is 14.7. The highest BCUT2D eigenvalue weighted by Crippen LogP contribution is 2.44. The number of hydrazone groups is 1. The molecule has 0 radical (unpaired) electrons. The van der Waals surface area contributed by atoms with Crippen molar-refractivity contribution in [2.24, 2.45) is 5.10 Å². The summed E-state index contributed by atoms with van der Waals surface area (Å²) in [6.07, 6.45) is 0. The second kappa shape index (κ2) is 5.76. The molecule has 0 aliphatic carbocycles. The van der Waals surface area contributed by atoms with Crippen LogP contribution < -0.4 is 0 Å². The lowest BCUT2D eigenvalue weighted by Gasteiger charge is -2.44. The zero-order chi connectivity index (χ0) is 14.0. The van der Waals surface area contributed by atoms with Gasteiger partial charge in [-0.05, 0) is 27.7 Å². The molecule has 0 saturated heterocycles. The average molecular weight is 254 g/mol. The van der Waals surface area contributed by atoms with E-state index in [2.05, 4.69) is 73.2 Å². The summed E-state index contributed by atoms with van der Waals surface area (Å²) < 4.78 is 3.12. The lowest BCUT2D eigenvalue weighted by Crippen LogP contribution is -2.51. The first-order valence-electron chi connectivity index (χ1n) is 6.67. The van der Waals surface area contributed by atoms with E-state index >= 15 is 0 Å².